The first kappa shape index (κ1) is 18.8. The standard InChI is InChI=1S/C20H15F2NO3S2/c1-11-2-5-13(6-3-11)28(25,26)17-10-27-20-15(9-18(24)23-19(17)20)14-7-4-12(21)8-16(14)22/h2-8,10,15H,9H2,1H3,(H,23,24). The zero-order valence-electron chi connectivity index (χ0n) is 14.7. The molecular weight excluding hydrogens is 404 g/mol. The summed E-state index contributed by atoms with van der Waals surface area (Å²) in [5.41, 5.74) is 1.26. The van der Waals surface area contributed by atoms with Crippen LogP contribution in [0.15, 0.2) is 57.6 Å². The monoisotopic (exact) mass is 419 g/mol. The van der Waals surface area contributed by atoms with Crippen molar-refractivity contribution in [1.82, 2.24) is 0 Å². The average molecular weight is 419 g/mol. The van der Waals surface area contributed by atoms with Gasteiger partial charge in [0.1, 0.15) is 16.5 Å². The number of nitrogens with one attached hydrogen (secondary N) is 1. The summed E-state index contributed by atoms with van der Waals surface area (Å²) in [5, 5.41) is 4.08. The summed E-state index contributed by atoms with van der Waals surface area (Å²) < 4.78 is 53.7. The smallest absolute Gasteiger partial charge is 0.225 e. The Hall–Kier alpha value is -2.58. The predicted octanol–water partition coefficient (Wildman–Crippen LogP) is 4.64. The molecule has 144 valence electrons. The number of anilines is 1. The van der Waals surface area contributed by atoms with Gasteiger partial charge in [-0.2, -0.15) is 0 Å². The van der Waals surface area contributed by atoms with Crippen molar-refractivity contribution in [3.63, 3.8) is 0 Å². The molecule has 1 N–H and O–H groups in total. The number of fused-ring (bicyclic) bond motifs is 1. The van der Waals surface area contributed by atoms with Crippen LogP contribution in [0.3, 0.4) is 0 Å². The highest BCUT2D eigenvalue weighted by molar-refractivity contribution is 7.91. The van der Waals surface area contributed by atoms with Crippen LogP contribution >= 0.6 is 11.3 Å². The molecule has 1 unspecified atom stereocenters. The third-order valence-corrected chi connectivity index (χ3v) is 7.75. The van der Waals surface area contributed by atoms with E-state index in [0.29, 0.717) is 4.88 Å². The molecule has 2 aromatic carbocycles. The van der Waals surface area contributed by atoms with Crippen LogP contribution in [0.1, 0.15) is 28.3 Å². The highest BCUT2D eigenvalue weighted by atomic mass is 32.2. The van der Waals surface area contributed by atoms with Crippen molar-refractivity contribution in [1.29, 1.82) is 0 Å². The fraction of sp³-hybridized carbons (Fsp3) is 0.150. The van der Waals surface area contributed by atoms with Gasteiger partial charge in [0.05, 0.1) is 10.6 Å². The number of aryl methyl sites for hydroxylation is 1. The fourth-order valence-corrected chi connectivity index (χ4v) is 6.18. The summed E-state index contributed by atoms with van der Waals surface area (Å²) in [4.78, 5) is 12.9. The highest BCUT2D eigenvalue weighted by Gasteiger charge is 2.35. The molecule has 0 saturated heterocycles. The summed E-state index contributed by atoms with van der Waals surface area (Å²) in [6.45, 7) is 1.85. The molecule has 1 aliphatic rings. The summed E-state index contributed by atoms with van der Waals surface area (Å²) in [5.74, 6) is -2.56. The summed E-state index contributed by atoms with van der Waals surface area (Å²) >= 11 is 1.14. The average Bonchev–Trinajstić information content (AvgIpc) is 3.06. The normalized spacial score (nSPS) is 16.5. The van der Waals surface area contributed by atoms with Gasteiger partial charge in [0.2, 0.25) is 15.7 Å². The topological polar surface area (TPSA) is 63.2 Å². The Kier molecular flexibility index (Phi) is 4.55. The molecular formula is C20H15F2NO3S2. The van der Waals surface area contributed by atoms with E-state index in [-0.39, 0.29) is 27.5 Å². The molecule has 0 aliphatic carbocycles. The Labute approximate surface area is 164 Å². The number of hydrogen-bond donors (Lipinski definition) is 1. The quantitative estimate of drug-likeness (QED) is 0.673. The fourth-order valence-electron chi connectivity index (χ4n) is 3.28. The van der Waals surface area contributed by atoms with E-state index in [4.69, 9.17) is 0 Å². The lowest BCUT2D eigenvalue weighted by Gasteiger charge is -2.24. The second kappa shape index (κ2) is 6.79. The van der Waals surface area contributed by atoms with Crippen LogP contribution in [-0.2, 0) is 14.6 Å². The lowest BCUT2D eigenvalue weighted by Crippen LogP contribution is -2.24. The van der Waals surface area contributed by atoms with E-state index >= 15 is 0 Å². The number of halogens is 2. The Morgan fingerprint density at radius 3 is 2.50 bits per heavy atom. The molecule has 0 radical (unpaired) electrons. The van der Waals surface area contributed by atoms with Crippen molar-refractivity contribution in [2.75, 3.05) is 5.32 Å². The molecule has 1 amide bonds. The molecule has 4 nitrogen and oxygen atoms in total. The van der Waals surface area contributed by atoms with E-state index in [2.05, 4.69) is 5.32 Å². The zero-order chi connectivity index (χ0) is 20.1. The van der Waals surface area contributed by atoms with E-state index in [1.54, 1.807) is 12.1 Å². The Balaban J connectivity index is 1.84. The minimum atomic E-state index is -3.86. The number of amides is 1. The second-order valence-corrected chi connectivity index (χ2v) is 9.46. The molecule has 28 heavy (non-hydrogen) atoms. The summed E-state index contributed by atoms with van der Waals surface area (Å²) in [7, 11) is -3.86. The molecule has 0 saturated carbocycles. The van der Waals surface area contributed by atoms with Crippen LogP contribution in [-0.4, -0.2) is 14.3 Å². The largest absolute Gasteiger partial charge is 0.324 e. The van der Waals surface area contributed by atoms with E-state index in [0.717, 1.165) is 29.0 Å². The van der Waals surface area contributed by atoms with Crippen LogP contribution in [0.5, 0.6) is 0 Å². The van der Waals surface area contributed by atoms with Crippen molar-refractivity contribution in [3.05, 3.63) is 75.5 Å². The van der Waals surface area contributed by atoms with Crippen LogP contribution in [0, 0.1) is 18.6 Å². The number of carbonyl (C=O) groups excluding carboxylic acids is 1. The molecule has 8 heteroatoms. The zero-order valence-corrected chi connectivity index (χ0v) is 16.3. The lowest BCUT2D eigenvalue weighted by atomic mass is 9.90. The van der Waals surface area contributed by atoms with Gasteiger partial charge in [0.25, 0.3) is 0 Å². The lowest BCUT2D eigenvalue weighted by molar-refractivity contribution is -0.116. The van der Waals surface area contributed by atoms with Gasteiger partial charge >= 0.3 is 0 Å². The van der Waals surface area contributed by atoms with Gasteiger partial charge in [0.15, 0.2) is 0 Å². The van der Waals surface area contributed by atoms with Crippen LogP contribution in [0.25, 0.3) is 0 Å². The van der Waals surface area contributed by atoms with Gasteiger partial charge in [-0.05, 0) is 30.7 Å². The number of hydrogen-bond acceptors (Lipinski definition) is 4. The van der Waals surface area contributed by atoms with E-state index in [9.17, 15) is 22.0 Å². The number of thiophene rings is 1. The molecule has 1 aromatic heterocycles. The molecule has 3 aromatic rings. The highest BCUT2D eigenvalue weighted by Crippen LogP contribution is 2.46. The van der Waals surface area contributed by atoms with E-state index < -0.39 is 33.3 Å². The minimum Gasteiger partial charge on any atom is -0.324 e. The SMILES string of the molecule is Cc1ccc(S(=O)(=O)c2csc3c2NC(=O)CC3c2ccc(F)cc2F)cc1. The van der Waals surface area contributed by atoms with Crippen LogP contribution in [0.2, 0.25) is 0 Å². The minimum absolute atomic E-state index is 0.0167. The third kappa shape index (κ3) is 3.12. The molecule has 4 rings (SSSR count). The molecule has 0 spiro atoms. The molecule has 1 aliphatic heterocycles. The molecule has 0 fully saturated rings. The molecule has 2 heterocycles. The summed E-state index contributed by atoms with van der Waals surface area (Å²) in [6.07, 6.45) is -0.0416. The van der Waals surface area contributed by atoms with E-state index in [1.807, 2.05) is 6.92 Å². The van der Waals surface area contributed by atoms with Crippen molar-refractivity contribution in [2.45, 2.75) is 29.1 Å². The van der Waals surface area contributed by atoms with Crippen molar-refractivity contribution >= 4 is 32.8 Å². The van der Waals surface area contributed by atoms with Gasteiger partial charge in [0, 0.05) is 28.7 Å². The van der Waals surface area contributed by atoms with Crippen molar-refractivity contribution < 1.29 is 22.0 Å². The summed E-state index contributed by atoms with van der Waals surface area (Å²) in [6, 6.07) is 9.60. The number of sulfone groups is 1. The van der Waals surface area contributed by atoms with Crippen molar-refractivity contribution in [2.24, 2.45) is 0 Å². The number of carbonyl (C=O) groups is 1. The first-order chi connectivity index (χ1) is 13.3. The Morgan fingerprint density at radius 1 is 1.11 bits per heavy atom. The second-order valence-electron chi connectivity index (χ2n) is 6.63. The maximum Gasteiger partial charge on any atom is 0.225 e. The Morgan fingerprint density at radius 2 is 1.82 bits per heavy atom. The van der Waals surface area contributed by atoms with Crippen molar-refractivity contribution in [3.8, 4) is 0 Å². The van der Waals surface area contributed by atoms with Gasteiger partial charge in [-0.15, -0.1) is 11.3 Å². The third-order valence-electron chi connectivity index (χ3n) is 4.71. The first-order valence-corrected chi connectivity index (χ1v) is 10.8. The van der Waals surface area contributed by atoms with Gasteiger partial charge in [-0.1, -0.05) is 23.8 Å². The van der Waals surface area contributed by atoms with Gasteiger partial charge in [-0.3, -0.25) is 4.79 Å². The maximum absolute atomic E-state index is 14.3. The number of rotatable bonds is 3. The van der Waals surface area contributed by atoms with E-state index in [1.165, 1.54) is 23.6 Å². The first-order valence-electron chi connectivity index (χ1n) is 8.45. The van der Waals surface area contributed by atoms with Crippen LogP contribution in [0.4, 0.5) is 14.5 Å². The van der Waals surface area contributed by atoms with Gasteiger partial charge < -0.3 is 5.32 Å². The molecule has 0 bridgehead atoms. The molecule has 1 atom stereocenters. The van der Waals surface area contributed by atoms with Crippen LogP contribution < -0.4 is 5.32 Å². The number of benzene rings is 2. The Bertz CT molecular complexity index is 1180. The maximum atomic E-state index is 14.3. The predicted molar refractivity (Wildman–Crippen MR) is 102 cm³/mol. The van der Waals surface area contributed by atoms with Gasteiger partial charge in [-0.25, -0.2) is 17.2 Å².